The van der Waals surface area contributed by atoms with Crippen molar-refractivity contribution in [1.29, 1.82) is 0 Å². The monoisotopic (exact) mass is 395 g/mol. The van der Waals surface area contributed by atoms with Crippen LogP contribution in [0.2, 0.25) is 0 Å². The predicted molar refractivity (Wildman–Crippen MR) is 104 cm³/mol. The molecular formula is C22H19F2N3O2. The van der Waals surface area contributed by atoms with E-state index >= 15 is 0 Å². The number of fused-ring (bicyclic) bond motifs is 2. The van der Waals surface area contributed by atoms with Crippen LogP contribution >= 0.6 is 0 Å². The molecule has 0 aliphatic carbocycles. The molecule has 0 saturated heterocycles. The van der Waals surface area contributed by atoms with Crippen molar-refractivity contribution in [2.75, 3.05) is 5.32 Å². The van der Waals surface area contributed by atoms with Gasteiger partial charge in [0, 0.05) is 23.5 Å². The molecule has 0 fully saturated rings. The molecule has 5 nitrogen and oxygen atoms in total. The summed E-state index contributed by atoms with van der Waals surface area (Å²) in [4.78, 5) is 16.3. The molecule has 0 spiro atoms. The molecule has 5 rings (SSSR count). The van der Waals surface area contributed by atoms with Gasteiger partial charge >= 0.3 is 0 Å². The number of rotatable bonds is 3. The number of hydrogen-bond acceptors (Lipinski definition) is 4. The van der Waals surface area contributed by atoms with Crippen molar-refractivity contribution >= 4 is 11.6 Å². The van der Waals surface area contributed by atoms with E-state index in [0.29, 0.717) is 37.6 Å². The Morgan fingerprint density at radius 2 is 1.79 bits per heavy atom. The topological polar surface area (TPSA) is 56.2 Å². The summed E-state index contributed by atoms with van der Waals surface area (Å²) in [5.41, 5.74) is 5.07. The third kappa shape index (κ3) is 3.21. The molecule has 1 unspecified atom stereocenters. The Kier molecular flexibility index (Phi) is 4.20. The van der Waals surface area contributed by atoms with E-state index in [1.807, 2.05) is 17.6 Å². The van der Waals surface area contributed by atoms with E-state index in [1.165, 1.54) is 18.2 Å². The number of aryl methyl sites for hydroxylation is 2. The maximum atomic E-state index is 13.8. The summed E-state index contributed by atoms with van der Waals surface area (Å²) in [5, 5.41) is 3.28. The number of benzene rings is 2. The summed E-state index contributed by atoms with van der Waals surface area (Å²) in [7, 11) is 0. The third-order valence-electron chi connectivity index (χ3n) is 5.61. The summed E-state index contributed by atoms with van der Waals surface area (Å²) in [6.07, 6.45) is 1.27. The molecule has 0 saturated carbocycles. The number of hydrogen-bond donors (Lipinski definition) is 1. The van der Waals surface area contributed by atoms with Crippen LogP contribution in [0, 0.1) is 18.6 Å². The lowest BCUT2D eigenvalue weighted by atomic mass is 10.0. The minimum absolute atomic E-state index is 0.302. The highest BCUT2D eigenvalue weighted by atomic mass is 19.1. The first-order valence-electron chi connectivity index (χ1n) is 9.53. The number of nitrogens with one attached hydrogen (secondary N) is 1. The van der Waals surface area contributed by atoms with Crippen molar-refractivity contribution in [3.05, 3.63) is 86.3 Å². The molecule has 3 heterocycles. The Morgan fingerprint density at radius 1 is 1.07 bits per heavy atom. The lowest BCUT2D eigenvalue weighted by Crippen LogP contribution is -2.19. The van der Waals surface area contributed by atoms with Crippen LogP contribution in [0.5, 0.6) is 0 Å². The van der Waals surface area contributed by atoms with Gasteiger partial charge in [-0.15, -0.1) is 0 Å². The van der Waals surface area contributed by atoms with Gasteiger partial charge in [0.15, 0.2) is 0 Å². The summed E-state index contributed by atoms with van der Waals surface area (Å²) in [6, 6.07) is 8.79. The fourth-order valence-electron chi connectivity index (χ4n) is 4.27. The van der Waals surface area contributed by atoms with Gasteiger partial charge in [0.05, 0.1) is 19.3 Å². The molecule has 1 N–H and O–H groups in total. The van der Waals surface area contributed by atoms with Crippen LogP contribution in [0.4, 0.5) is 20.4 Å². The maximum Gasteiger partial charge on any atom is 0.274 e. The van der Waals surface area contributed by atoms with Crippen LogP contribution in [0.25, 0.3) is 0 Å². The van der Waals surface area contributed by atoms with Gasteiger partial charge in [-0.05, 0) is 60.2 Å². The van der Waals surface area contributed by atoms with Gasteiger partial charge in [0.2, 0.25) is 5.95 Å². The lowest BCUT2D eigenvalue weighted by molar-refractivity contribution is 0.134. The number of nitrogens with zero attached hydrogens (tertiary/aromatic N) is 2. The van der Waals surface area contributed by atoms with Crippen molar-refractivity contribution in [3.8, 4) is 0 Å². The van der Waals surface area contributed by atoms with Gasteiger partial charge < -0.3 is 14.6 Å². The van der Waals surface area contributed by atoms with Crippen molar-refractivity contribution in [3.63, 3.8) is 0 Å². The average molecular weight is 395 g/mol. The average Bonchev–Trinajstić information content (AvgIpc) is 3.27. The zero-order chi connectivity index (χ0) is 20.1. The second-order valence-corrected chi connectivity index (χ2v) is 7.59. The first kappa shape index (κ1) is 18.0. The van der Waals surface area contributed by atoms with Crippen molar-refractivity contribution in [2.45, 2.75) is 39.0 Å². The molecule has 2 aromatic carbocycles. The largest absolute Gasteiger partial charge is 0.372 e. The highest BCUT2D eigenvalue weighted by Gasteiger charge is 2.27. The van der Waals surface area contributed by atoms with E-state index in [1.54, 1.807) is 0 Å². The normalized spacial score (nSPS) is 17.3. The molecule has 2 aliphatic heterocycles. The predicted octanol–water partition coefficient (Wildman–Crippen LogP) is 4.14. The third-order valence-corrected chi connectivity index (χ3v) is 5.61. The summed E-state index contributed by atoms with van der Waals surface area (Å²) in [5.74, 6) is -0.862. The van der Waals surface area contributed by atoms with E-state index in [2.05, 4.69) is 16.4 Å². The second-order valence-electron chi connectivity index (χ2n) is 7.59. The zero-order valence-electron chi connectivity index (χ0n) is 15.8. The number of halogens is 2. The van der Waals surface area contributed by atoms with Crippen LogP contribution in [0.1, 0.15) is 40.4 Å². The zero-order valence-corrected chi connectivity index (χ0v) is 15.8. The maximum absolute atomic E-state index is 13.8. The Hall–Kier alpha value is -3.06. The van der Waals surface area contributed by atoms with Gasteiger partial charge in [0.25, 0.3) is 5.56 Å². The van der Waals surface area contributed by atoms with Crippen molar-refractivity contribution < 1.29 is 13.5 Å². The number of aromatic nitrogens is 2. The van der Waals surface area contributed by atoms with Crippen LogP contribution < -0.4 is 10.9 Å². The van der Waals surface area contributed by atoms with E-state index < -0.39 is 11.6 Å². The molecule has 29 heavy (non-hydrogen) atoms. The fraction of sp³-hybridized carbons (Fsp3) is 0.273. The molecule has 2 aliphatic rings. The van der Waals surface area contributed by atoms with Gasteiger partial charge in [-0.1, -0.05) is 6.07 Å². The van der Waals surface area contributed by atoms with E-state index in [9.17, 15) is 13.6 Å². The van der Waals surface area contributed by atoms with Crippen LogP contribution in [0.3, 0.4) is 0 Å². The SMILES string of the molecule is Cc1cc2c(cc1Nc1nc(=O)cc3n1C(c1cc(F)cc(F)c1)CC3)COC2. The van der Waals surface area contributed by atoms with Gasteiger partial charge in [-0.3, -0.25) is 4.79 Å². The highest BCUT2D eigenvalue weighted by molar-refractivity contribution is 5.62. The number of ether oxygens (including phenoxy) is 1. The molecule has 1 atom stereocenters. The van der Waals surface area contributed by atoms with Crippen molar-refractivity contribution in [1.82, 2.24) is 9.55 Å². The van der Waals surface area contributed by atoms with E-state index in [-0.39, 0.29) is 11.6 Å². The lowest BCUT2D eigenvalue weighted by Gasteiger charge is -2.21. The first-order chi connectivity index (χ1) is 14.0. The number of anilines is 2. The molecule has 148 valence electrons. The molecular weight excluding hydrogens is 376 g/mol. The van der Waals surface area contributed by atoms with Gasteiger partial charge in [-0.2, -0.15) is 4.98 Å². The molecule has 3 aromatic rings. The Labute approximate surface area is 166 Å². The smallest absolute Gasteiger partial charge is 0.274 e. The highest BCUT2D eigenvalue weighted by Crippen LogP contribution is 2.36. The Bertz CT molecular complexity index is 1170. The summed E-state index contributed by atoms with van der Waals surface area (Å²) in [6.45, 7) is 3.13. The molecule has 0 radical (unpaired) electrons. The van der Waals surface area contributed by atoms with Crippen LogP contribution in [-0.2, 0) is 24.4 Å². The molecule has 1 aromatic heterocycles. The van der Waals surface area contributed by atoms with E-state index in [4.69, 9.17) is 4.74 Å². The first-order valence-corrected chi connectivity index (χ1v) is 9.53. The quantitative estimate of drug-likeness (QED) is 0.724. The molecule has 0 amide bonds. The van der Waals surface area contributed by atoms with Crippen molar-refractivity contribution in [2.24, 2.45) is 0 Å². The standard InChI is InChI=1S/C22H19F2N3O2/c1-12-4-14-10-29-11-15(14)7-19(12)25-22-26-21(28)9-18-2-3-20(27(18)22)13-5-16(23)8-17(24)6-13/h4-9,20H,2-3,10-11H2,1H3,(H,25,26,28). The second kappa shape index (κ2) is 6.77. The van der Waals surface area contributed by atoms with Crippen LogP contribution in [0.15, 0.2) is 41.2 Å². The minimum atomic E-state index is -0.619. The minimum Gasteiger partial charge on any atom is -0.372 e. The summed E-state index contributed by atoms with van der Waals surface area (Å²) < 4.78 is 35.0. The van der Waals surface area contributed by atoms with Crippen LogP contribution in [-0.4, -0.2) is 9.55 Å². The fourth-order valence-corrected chi connectivity index (χ4v) is 4.27. The Morgan fingerprint density at radius 3 is 2.55 bits per heavy atom. The summed E-state index contributed by atoms with van der Waals surface area (Å²) >= 11 is 0. The van der Waals surface area contributed by atoms with E-state index in [0.717, 1.165) is 34.1 Å². The van der Waals surface area contributed by atoms with Gasteiger partial charge in [0.1, 0.15) is 11.6 Å². The Balaban J connectivity index is 1.60. The molecule has 0 bridgehead atoms. The molecule has 7 heteroatoms. The van der Waals surface area contributed by atoms with Gasteiger partial charge in [-0.25, -0.2) is 8.78 Å².